The van der Waals surface area contributed by atoms with Gasteiger partial charge in [0.05, 0.1) is 16.6 Å². The molecule has 0 bridgehead atoms. The number of thioether (sulfide) groups is 1. The predicted octanol–water partition coefficient (Wildman–Crippen LogP) is 1.76. The van der Waals surface area contributed by atoms with E-state index in [4.69, 9.17) is 9.84 Å². The zero-order valence-corrected chi connectivity index (χ0v) is 19.3. The molecule has 4 aliphatic heterocycles. The Balaban J connectivity index is 1.76. The summed E-state index contributed by atoms with van der Waals surface area (Å²) < 4.78 is 4.60. The van der Waals surface area contributed by atoms with Crippen molar-refractivity contribution in [1.29, 1.82) is 0 Å². The fourth-order valence-corrected chi connectivity index (χ4v) is 7.39. The molecule has 0 radical (unpaired) electrons. The molecule has 2 amide bonds. The highest BCUT2D eigenvalue weighted by Gasteiger charge is 2.71. The highest BCUT2D eigenvalue weighted by molar-refractivity contribution is 8.02. The number of cyclic esters (lactones) is 1. The lowest BCUT2D eigenvalue weighted by Gasteiger charge is -2.40. The zero-order chi connectivity index (χ0) is 22.4. The number of rotatable bonds is 5. The highest BCUT2D eigenvalue weighted by Crippen LogP contribution is 2.61. The maximum absolute atomic E-state index is 13.9. The van der Waals surface area contributed by atoms with Gasteiger partial charge >= 0.3 is 5.97 Å². The number of carbonyl (C=O) groups is 3. The summed E-state index contributed by atoms with van der Waals surface area (Å²) in [5.41, 5.74) is -0.386. The maximum atomic E-state index is 13.9. The van der Waals surface area contributed by atoms with Gasteiger partial charge in [-0.3, -0.25) is 14.4 Å². The van der Waals surface area contributed by atoms with Crippen molar-refractivity contribution in [2.45, 2.75) is 61.6 Å². The normalized spacial score (nSPS) is 34.9. The summed E-state index contributed by atoms with van der Waals surface area (Å²) in [7, 11) is 0. The third-order valence-electron chi connectivity index (χ3n) is 6.78. The van der Waals surface area contributed by atoms with Crippen LogP contribution in [0.2, 0.25) is 0 Å². The van der Waals surface area contributed by atoms with Crippen molar-refractivity contribution in [3.63, 3.8) is 0 Å². The summed E-state index contributed by atoms with van der Waals surface area (Å²) in [5, 5.41) is 8.93. The van der Waals surface area contributed by atoms with Crippen molar-refractivity contribution in [3.8, 4) is 0 Å². The molecule has 4 rings (SSSR count). The molecule has 31 heavy (non-hydrogen) atoms. The minimum absolute atomic E-state index is 0.0585. The third-order valence-corrected chi connectivity index (χ3v) is 8.52. The Kier molecular flexibility index (Phi) is 5.98. The Labute approximate surface area is 187 Å². The first kappa shape index (κ1) is 22.4. The minimum atomic E-state index is -0.777. The first-order valence-electron chi connectivity index (χ1n) is 11.1. The van der Waals surface area contributed by atoms with Gasteiger partial charge in [-0.15, -0.1) is 11.8 Å². The molecule has 170 valence electrons. The molecule has 4 aliphatic rings. The Hall–Kier alpha value is -1.80. The van der Waals surface area contributed by atoms with Crippen molar-refractivity contribution in [3.05, 3.63) is 24.3 Å². The molecule has 2 fully saturated rings. The number of likely N-dealkylation sites (tertiary alicyclic amines) is 1. The van der Waals surface area contributed by atoms with E-state index in [-0.39, 0.29) is 41.8 Å². The van der Waals surface area contributed by atoms with Gasteiger partial charge in [-0.2, -0.15) is 0 Å². The Morgan fingerprint density at radius 3 is 2.65 bits per heavy atom. The van der Waals surface area contributed by atoms with E-state index in [0.29, 0.717) is 25.9 Å². The van der Waals surface area contributed by atoms with Crippen LogP contribution in [-0.4, -0.2) is 80.6 Å². The van der Waals surface area contributed by atoms with Gasteiger partial charge in [0.2, 0.25) is 11.8 Å². The van der Waals surface area contributed by atoms with E-state index < -0.39 is 22.6 Å². The van der Waals surface area contributed by atoms with Gasteiger partial charge in [0, 0.05) is 30.5 Å². The number of esters is 1. The number of nitrogens with zero attached hydrogens (tertiary/aromatic N) is 2. The number of aliphatic hydroxyl groups is 1. The van der Waals surface area contributed by atoms with E-state index in [9.17, 15) is 14.4 Å². The number of carbonyl (C=O) groups excluding carboxylic acids is 3. The second-order valence-electron chi connectivity index (χ2n) is 9.74. The van der Waals surface area contributed by atoms with E-state index in [1.165, 1.54) is 0 Å². The highest BCUT2D eigenvalue weighted by atomic mass is 32.2. The molecule has 8 heteroatoms. The fourth-order valence-electron chi connectivity index (χ4n) is 5.38. The van der Waals surface area contributed by atoms with E-state index in [1.54, 1.807) is 16.7 Å². The molecule has 1 N–H and O–H groups in total. The molecule has 1 unspecified atom stereocenters. The molecule has 1 spiro atoms. The molecule has 5 atom stereocenters. The Bertz CT molecular complexity index is 819. The smallest absolute Gasteiger partial charge is 0.311 e. The van der Waals surface area contributed by atoms with Crippen LogP contribution < -0.4 is 0 Å². The van der Waals surface area contributed by atoms with Crippen LogP contribution in [0.3, 0.4) is 0 Å². The van der Waals surface area contributed by atoms with Gasteiger partial charge in [-0.05, 0) is 40.0 Å². The topological polar surface area (TPSA) is 87.2 Å². The van der Waals surface area contributed by atoms with Crippen molar-refractivity contribution >= 4 is 29.5 Å². The van der Waals surface area contributed by atoms with Gasteiger partial charge in [-0.1, -0.05) is 24.3 Å². The number of fused-ring (bicyclic) bond motifs is 2. The molecule has 2 saturated heterocycles. The largest absolute Gasteiger partial charge is 0.461 e. The molecule has 0 aromatic carbocycles. The van der Waals surface area contributed by atoms with E-state index >= 15 is 0 Å². The number of hydrogen-bond donors (Lipinski definition) is 1. The van der Waals surface area contributed by atoms with E-state index in [2.05, 4.69) is 0 Å². The number of amides is 2. The number of ether oxygens (including phenoxy) is 1. The van der Waals surface area contributed by atoms with Gasteiger partial charge in [0.15, 0.2) is 0 Å². The lowest BCUT2D eigenvalue weighted by Crippen LogP contribution is -2.57. The third kappa shape index (κ3) is 3.61. The molecular weight excluding hydrogens is 416 g/mol. The van der Waals surface area contributed by atoms with Crippen molar-refractivity contribution < 1.29 is 24.2 Å². The van der Waals surface area contributed by atoms with Crippen molar-refractivity contribution in [2.75, 3.05) is 26.3 Å². The second kappa shape index (κ2) is 8.28. The maximum Gasteiger partial charge on any atom is 0.311 e. The first-order chi connectivity index (χ1) is 14.7. The standard InChI is InChI=1S/C23H32N2O5S/c1-22(2,3)25-12-8-10-23-17(16-15(31-23)9-7-14-30-21(16)29)19(27)24(18(23)20(25)28)11-5-4-6-13-26/h7-10,15-18,26H,4-6,11-14H2,1-3H3/t15-,16+,17-,18?,23-/m0/s1. The van der Waals surface area contributed by atoms with Crippen LogP contribution in [0.4, 0.5) is 0 Å². The van der Waals surface area contributed by atoms with Crippen molar-refractivity contribution in [2.24, 2.45) is 11.8 Å². The summed E-state index contributed by atoms with van der Waals surface area (Å²) in [4.78, 5) is 44.1. The van der Waals surface area contributed by atoms with Crippen LogP contribution in [0, 0.1) is 11.8 Å². The van der Waals surface area contributed by atoms with E-state index in [1.807, 2.05) is 50.0 Å². The minimum Gasteiger partial charge on any atom is -0.461 e. The molecule has 7 nitrogen and oxygen atoms in total. The summed E-state index contributed by atoms with van der Waals surface area (Å²) in [6.07, 6.45) is 9.98. The van der Waals surface area contributed by atoms with Gasteiger partial charge in [0.1, 0.15) is 12.6 Å². The summed E-state index contributed by atoms with van der Waals surface area (Å²) in [5.74, 6) is -1.73. The van der Waals surface area contributed by atoms with Crippen LogP contribution in [0.1, 0.15) is 40.0 Å². The van der Waals surface area contributed by atoms with Crippen LogP contribution in [-0.2, 0) is 19.1 Å². The quantitative estimate of drug-likeness (QED) is 0.392. The number of aliphatic hydroxyl groups excluding tert-OH is 1. The number of unbranched alkanes of at least 4 members (excludes halogenated alkanes) is 2. The van der Waals surface area contributed by atoms with Gasteiger partial charge < -0.3 is 19.6 Å². The van der Waals surface area contributed by atoms with Crippen LogP contribution in [0.25, 0.3) is 0 Å². The SMILES string of the molecule is CC(C)(C)N1CC=C[C@]23S[C@H]4C=CCOC(=O)[C@H]4[C@H]2C(=O)N(CCCCCO)C3C1=O. The zero-order valence-electron chi connectivity index (χ0n) is 18.5. The molecule has 0 aromatic heterocycles. The second-order valence-corrected chi connectivity index (χ2v) is 11.2. The van der Waals surface area contributed by atoms with E-state index in [0.717, 1.165) is 6.42 Å². The van der Waals surface area contributed by atoms with Gasteiger partial charge in [-0.25, -0.2) is 0 Å². The first-order valence-corrected chi connectivity index (χ1v) is 12.0. The Morgan fingerprint density at radius 2 is 1.94 bits per heavy atom. The predicted molar refractivity (Wildman–Crippen MR) is 118 cm³/mol. The summed E-state index contributed by atoms with van der Waals surface area (Å²) in [6.45, 7) is 7.27. The average Bonchev–Trinajstić information content (AvgIpc) is 2.98. The van der Waals surface area contributed by atoms with Crippen molar-refractivity contribution in [1.82, 2.24) is 9.80 Å². The monoisotopic (exact) mass is 448 g/mol. The lowest BCUT2D eigenvalue weighted by molar-refractivity contribution is -0.151. The molecule has 0 saturated carbocycles. The average molecular weight is 449 g/mol. The van der Waals surface area contributed by atoms with Crippen LogP contribution >= 0.6 is 11.8 Å². The summed E-state index contributed by atoms with van der Waals surface area (Å²) in [6, 6.07) is -0.643. The molecule has 0 aromatic rings. The van der Waals surface area contributed by atoms with Crippen LogP contribution in [0.5, 0.6) is 0 Å². The fraction of sp³-hybridized carbons (Fsp3) is 0.696. The van der Waals surface area contributed by atoms with Gasteiger partial charge in [0.25, 0.3) is 0 Å². The Morgan fingerprint density at radius 1 is 1.16 bits per heavy atom. The summed E-state index contributed by atoms with van der Waals surface area (Å²) >= 11 is 1.57. The molecular formula is C23H32N2O5S. The van der Waals surface area contributed by atoms with Crippen LogP contribution in [0.15, 0.2) is 24.3 Å². The number of hydrogen-bond acceptors (Lipinski definition) is 6. The molecule has 4 heterocycles. The lowest BCUT2D eigenvalue weighted by atomic mass is 9.78. The molecule has 0 aliphatic carbocycles.